The van der Waals surface area contributed by atoms with E-state index in [9.17, 15) is 0 Å². The van der Waals surface area contributed by atoms with Gasteiger partial charge in [-0.1, -0.05) is 33.1 Å². The molecule has 2 rings (SSSR count). The van der Waals surface area contributed by atoms with E-state index < -0.39 is 0 Å². The first-order valence-corrected chi connectivity index (χ1v) is 9.15. The standard InChI is InChI=1S/C17H30N2S/c1-13(2)10-18-11-16-8-6-4-5-7-15(16)9-17-19-14(3)12-20-17/h12-13,15-16,18H,4-11H2,1-3H3. The lowest BCUT2D eigenvalue weighted by molar-refractivity contribution is 0.293. The van der Waals surface area contributed by atoms with Crippen molar-refractivity contribution in [1.29, 1.82) is 0 Å². The van der Waals surface area contributed by atoms with Crippen molar-refractivity contribution in [3.8, 4) is 0 Å². The van der Waals surface area contributed by atoms with Crippen molar-refractivity contribution in [3.05, 3.63) is 16.1 Å². The summed E-state index contributed by atoms with van der Waals surface area (Å²) < 4.78 is 0. The van der Waals surface area contributed by atoms with Gasteiger partial charge in [0.15, 0.2) is 0 Å². The molecule has 2 unspecified atom stereocenters. The highest BCUT2D eigenvalue weighted by molar-refractivity contribution is 7.09. The number of nitrogens with zero attached hydrogens (tertiary/aromatic N) is 1. The van der Waals surface area contributed by atoms with E-state index >= 15 is 0 Å². The molecule has 114 valence electrons. The summed E-state index contributed by atoms with van der Waals surface area (Å²) in [5.41, 5.74) is 1.19. The Morgan fingerprint density at radius 2 is 2.00 bits per heavy atom. The van der Waals surface area contributed by atoms with Crippen LogP contribution >= 0.6 is 11.3 Å². The average molecular weight is 295 g/mol. The number of hydrogen-bond donors (Lipinski definition) is 1. The highest BCUT2D eigenvalue weighted by Crippen LogP contribution is 2.31. The minimum atomic E-state index is 0.751. The maximum Gasteiger partial charge on any atom is 0.0930 e. The third kappa shape index (κ3) is 5.17. The van der Waals surface area contributed by atoms with Gasteiger partial charge in [-0.3, -0.25) is 0 Å². The number of thiazole rings is 1. The van der Waals surface area contributed by atoms with Gasteiger partial charge in [0.2, 0.25) is 0 Å². The number of nitrogens with one attached hydrogen (secondary N) is 1. The molecule has 2 nitrogen and oxygen atoms in total. The Hall–Kier alpha value is -0.410. The normalized spacial score (nSPS) is 24.0. The zero-order valence-electron chi connectivity index (χ0n) is 13.3. The van der Waals surface area contributed by atoms with Crippen molar-refractivity contribution in [2.75, 3.05) is 13.1 Å². The van der Waals surface area contributed by atoms with Gasteiger partial charge < -0.3 is 5.32 Å². The van der Waals surface area contributed by atoms with Crippen molar-refractivity contribution in [3.63, 3.8) is 0 Å². The third-order valence-electron chi connectivity index (χ3n) is 4.38. The van der Waals surface area contributed by atoms with E-state index in [-0.39, 0.29) is 0 Å². The van der Waals surface area contributed by atoms with Gasteiger partial charge >= 0.3 is 0 Å². The second kappa shape index (κ2) is 8.14. The molecule has 0 bridgehead atoms. The van der Waals surface area contributed by atoms with Crippen LogP contribution in [0.25, 0.3) is 0 Å². The first kappa shape index (κ1) is 16.0. The molecule has 1 fully saturated rings. The number of aryl methyl sites for hydroxylation is 1. The van der Waals surface area contributed by atoms with Gasteiger partial charge in [-0.05, 0) is 50.6 Å². The van der Waals surface area contributed by atoms with Crippen molar-refractivity contribution in [1.82, 2.24) is 10.3 Å². The highest BCUT2D eigenvalue weighted by Gasteiger charge is 2.24. The Morgan fingerprint density at radius 1 is 1.25 bits per heavy atom. The molecule has 1 saturated carbocycles. The molecule has 1 aliphatic carbocycles. The monoisotopic (exact) mass is 294 g/mol. The lowest BCUT2D eigenvalue weighted by atomic mass is 9.85. The summed E-state index contributed by atoms with van der Waals surface area (Å²) in [6, 6.07) is 0. The van der Waals surface area contributed by atoms with Crippen LogP contribution in [0.15, 0.2) is 5.38 Å². The first-order valence-electron chi connectivity index (χ1n) is 8.27. The molecular formula is C17H30N2S. The molecule has 1 heterocycles. The summed E-state index contributed by atoms with van der Waals surface area (Å²) in [6.07, 6.45) is 8.25. The lowest BCUT2D eigenvalue weighted by Crippen LogP contribution is -2.31. The van der Waals surface area contributed by atoms with Gasteiger partial charge in [0, 0.05) is 17.5 Å². The summed E-state index contributed by atoms with van der Waals surface area (Å²) in [7, 11) is 0. The zero-order chi connectivity index (χ0) is 14.4. The van der Waals surface area contributed by atoms with Crippen molar-refractivity contribution >= 4 is 11.3 Å². The quantitative estimate of drug-likeness (QED) is 0.785. The van der Waals surface area contributed by atoms with Crippen LogP contribution in [0.1, 0.15) is 56.7 Å². The molecular weight excluding hydrogens is 264 g/mol. The Kier molecular flexibility index (Phi) is 6.50. The minimum absolute atomic E-state index is 0.751. The van der Waals surface area contributed by atoms with Crippen molar-refractivity contribution in [2.24, 2.45) is 17.8 Å². The molecule has 0 aromatic carbocycles. The number of hydrogen-bond acceptors (Lipinski definition) is 3. The van der Waals surface area contributed by atoms with E-state index in [4.69, 9.17) is 0 Å². The second-order valence-corrected chi connectivity index (χ2v) is 7.74. The average Bonchev–Trinajstić information content (AvgIpc) is 2.67. The Morgan fingerprint density at radius 3 is 2.65 bits per heavy atom. The highest BCUT2D eigenvalue weighted by atomic mass is 32.1. The molecule has 2 atom stereocenters. The smallest absolute Gasteiger partial charge is 0.0930 e. The van der Waals surface area contributed by atoms with Crippen LogP contribution < -0.4 is 5.32 Å². The molecule has 0 saturated heterocycles. The summed E-state index contributed by atoms with van der Waals surface area (Å²) in [4.78, 5) is 4.68. The van der Waals surface area contributed by atoms with Crippen LogP contribution in [0.5, 0.6) is 0 Å². The lowest BCUT2D eigenvalue weighted by Gasteiger charge is -2.25. The Balaban J connectivity index is 1.90. The van der Waals surface area contributed by atoms with E-state index in [0.717, 1.165) is 24.3 Å². The topological polar surface area (TPSA) is 24.9 Å². The minimum Gasteiger partial charge on any atom is -0.316 e. The van der Waals surface area contributed by atoms with Crippen LogP contribution in [0.4, 0.5) is 0 Å². The molecule has 1 aromatic heterocycles. The summed E-state index contributed by atoms with van der Waals surface area (Å²) >= 11 is 1.85. The largest absolute Gasteiger partial charge is 0.316 e. The maximum absolute atomic E-state index is 4.68. The van der Waals surface area contributed by atoms with E-state index in [1.54, 1.807) is 0 Å². The van der Waals surface area contributed by atoms with E-state index in [1.165, 1.54) is 55.8 Å². The maximum atomic E-state index is 4.68. The zero-order valence-corrected chi connectivity index (χ0v) is 14.1. The van der Waals surface area contributed by atoms with Crippen LogP contribution in [0.3, 0.4) is 0 Å². The molecule has 0 aliphatic heterocycles. The van der Waals surface area contributed by atoms with E-state index in [1.807, 2.05) is 11.3 Å². The van der Waals surface area contributed by atoms with E-state index in [0.29, 0.717) is 0 Å². The van der Waals surface area contributed by atoms with Gasteiger partial charge in [0.1, 0.15) is 0 Å². The van der Waals surface area contributed by atoms with E-state index in [2.05, 4.69) is 36.5 Å². The molecule has 20 heavy (non-hydrogen) atoms. The SMILES string of the molecule is Cc1csc(CC2CCCCCC2CNCC(C)C)n1. The predicted octanol–water partition coefficient (Wildman–Crippen LogP) is 4.44. The third-order valence-corrected chi connectivity index (χ3v) is 5.37. The van der Waals surface area contributed by atoms with Crippen LogP contribution in [-0.2, 0) is 6.42 Å². The predicted molar refractivity (Wildman–Crippen MR) is 88.3 cm³/mol. The second-order valence-electron chi connectivity index (χ2n) is 6.80. The fourth-order valence-electron chi connectivity index (χ4n) is 3.28. The molecule has 1 aliphatic rings. The van der Waals surface area contributed by atoms with Gasteiger partial charge in [-0.2, -0.15) is 0 Å². The van der Waals surface area contributed by atoms with Gasteiger partial charge in [-0.25, -0.2) is 4.98 Å². The number of rotatable bonds is 6. The molecule has 0 amide bonds. The first-order chi connectivity index (χ1) is 9.65. The fraction of sp³-hybridized carbons (Fsp3) is 0.824. The Labute approximate surface area is 128 Å². The Bertz CT molecular complexity index is 386. The molecule has 0 spiro atoms. The van der Waals surface area contributed by atoms with Gasteiger partial charge in [0.05, 0.1) is 5.01 Å². The van der Waals surface area contributed by atoms with Crippen molar-refractivity contribution in [2.45, 2.75) is 59.3 Å². The summed E-state index contributed by atoms with van der Waals surface area (Å²) in [5, 5.41) is 7.23. The van der Waals surface area contributed by atoms with Gasteiger partial charge in [-0.15, -0.1) is 11.3 Å². The number of aromatic nitrogens is 1. The summed E-state index contributed by atoms with van der Waals surface area (Å²) in [5.74, 6) is 2.43. The fourth-order valence-corrected chi connectivity index (χ4v) is 4.14. The summed E-state index contributed by atoms with van der Waals surface area (Å²) in [6.45, 7) is 9.04. The molecule has 1 aromatic rings. The van der Waals surface area contributed by atoms with Crippen molar-refractivity contribution < 1.29 is 0 Å². The molecule has 1 N–H and O–H groups in total. The molecule has 0 radical (unpaired) electrons. The van der Waals surface area contributed by atoms with Crippen LogP contribution in [0.2, 0.25) is 0 Å². The van der Waals surface area contributed by atoms with Gasteiger partial charge in [0.25, 0.3) is 0 Å². The van der Waals surface area contributed by atoms with Crippen LogP contribution in [-0.4, -0.2) is 18.1 Å². The van der Waals surface area contributed by atoms with Crippen LogP contribution in [0, 0.1) is 24.7 Å². The molecule has 3 heteroatoms.